The summed E-state index contributed by atoms with van der Waals surface area (Å²) in [5, 5.41) is 25.5. The number of nitrogens with zero attached hydrogens (tertiary/aromatic N) is 3. The van der Waals surface area contributed by atoms with Crippen molar-refractivity contribution in [3.63, 3.8) is 0 Å². The predicted molar refractivity (Wildman–Crippen MR) is 195 cm³/mol. The van der Waals surface area contributed by atoms with Gasteiger partial charge in [-0.3, -0.25) is 4.79 Å². The Morgan fingerprint density at radius 1 is 0.939 bits per heavy atom. The van der Waals surface area contributed by atoms with Crippen LogP contribution in [0.15, 0.2) is 125 Å². The SMILES string of the molecule is CCC1=C(C)C2=NC1=CC1=C(C)C3=C(O)CC(=C4NC(=C(c5cccc(CO)c5)C5=NC(=C2)C(CC)=C5C)[C@@H](C)[C@@H]4CCC(=O)OC)C3=N1. The second-order valence-corrected chi connectivity index (χ2v) is 13.6. The van der Waals surface area contributed by atoms with Crippen LogP contribution in [0.3, 0.4) is 0 Å². The number of methoxy groups -OCH3 is 1. The van der Waals surface area contributed by atoms with Gasteiger partial charge < -0.3 is 20.3 Å². The molecule has 49 heavy (non-hydrogen) atoms. The van der Waals surface area contributed by atoms with Crippen LogP contribution in [-0.2, 0) is 16.1 Å². The molecule has 1 aromatic rings. The number of carbonyl (C=O) groups excluding carboxylic acids is 1. The molecule has 252 valence electrons. The Kier molecular flexibility index (Phi) is 8.39. The molecule has 7 rings (SSSR count). The van der Waals surface area contributed by atoms with Crippen molar-refractivity contribution in [2.24, 2.45) is 26.8 Å². The topological polar surface area (TPSA) is 116 Å². The first kappa shape index (κ1) is 32.7. The summed E-state index contributed by atoms with van der Waals surface area (Å²) in [6.07, 6.45) is 7.00. The van der Waals surface area contributed by atoms with Crippen LogP contribution < -0.4 is 5.32 Å². The van der Waals surface area contributed by atoms with Gasteiger partial charge in [0.1, 0.15) is 5.76 Å². The second-order valence-electron chi connectivity index (χ2n) is 13.6. The molecule has 3 N–H and O–H groups in total. The van der Waals surface area contributed by atoms with Gasteiger partial charge in [-0.1, -0.05) is 39.0 Å². The molecule has 1 aromatic carbocycles. The van der Waals surface area contributed by atoms with E-state index in [-0.39, 0.29) is 30.8 Å². The van der Waals surface area contributed by atoms with Crippen molar-refractivity contribution in [2.45, 2.75) is 80.3 Å². The molecule has 0 spiro atoms. The van der Waals surface area contributed by atoms with Crippen molar-refractivity contribution in [3.8, 4) is 0 Å². The molecular weight excluding hydrogens is 612 g/mol. The van der Waals surface area contributed by atoms with Gasteiger partial charge in [0.2, 0.25) is 0 Å². The van der Waals surface area contributed by atoms with E-state index < -0.39 is 0 Å². The molecule has 1 aliphatic carbocycles. The van der Waals surface area contributed by atoms with Gasteiger partial charge in [0.05, 0.1) is 47.9 Å². The van der Waals surface area contributed by atoms with Gasteiger partial charge in [0.15, 0.2) is 0 Å². The minimum absolute atomic E-state index is 0.0363. The average molecular weight is 657 g/mol. The quantitative estimate of drug-likeness (QED) is 0.257. The zero-order chi connectivity index (χ0) is 34.7. The van der Waals surface area contributed by atoms with Crippen molar-refractivity contribution in [1.29, 1.82) is 0 Å². The number of hydrogen-bond donors (Lipinski definition) is 3. The van der Waals surface area contributed by atoms with E-state index in [9.17, 15) is 15.0 Å². The van der Waals surface area contributed by atoms with Crippen molar-refractivity contribution in [3.05, 3.63) is 121 Å². The highest BCUT2D eigenvalue weighted by Crippen LogP contribution is 2.48. The van der Waals surface area contributed by atoms with E-state index in [0.29, 0.717) is 18.6 Å². The third-order valence-electron chi connectivity index (χ3n) is 11.0. The molecule has 5 aliphatic heterocycles. The summed E-state index contributed by atoms with van der Waals surface area (Å²) >= 11 is 0. The molecule has 6 aliphatic rings. The smallest absolute Gasteiger partial charge is 0.305 e. The number of carbonyl (C=O) groups is 1. The van der Waals surface area contributed by atoms with Crippen LogP contribution in [0.2, 0.25) is 0 Å². The van der Waals surface area contributed by atoms with Crippen LogP contribution in [0.25, 0.3) is 5.57 Å². The number of benzene rings is 1. The lowest BCUT2D eigenvalue weighted by molar-refractivity contribution is -0.140. The summed E-state index contributed by atoms with van der Waals surface area (Å²) in [6.45, 7) is 12.7. The lowest BCUT2D eigenvalue weighted by Crippen LogP contribution is -2.16. The molecule has 0 saturated carbocycles. The fourth-order valence-electron chi connectivity index (χ4n) is 8.26. The van der Waals surface area contributed by atoms with E-state index in [0.717, 1.165) is 103 Å². The van der Waals surface area contributed by atoms with E-state index in [1.165, 1.54) is 18.3 Å². The molecule has 1 fully saturated rings. The monoisotopic (exact) mass is 656 g/mol. The van der Waals surface area contributed by atoms with Crippen LogP contribution in [0, 0.1) is 11.8 Å². The number of aliphatic hydroxyl groups is 2. The predicted octanol–water partition coefficient (Wildman–Crippen LogP) is 8.04. The normalized spacial score (nSPS) is 23.1. The van der Waals surface area contributed by atoms with Gasteiger partial charge in [-0.15, -0.1) is 0 Å². The van der Waals surface area contributed by atoms with Crippen LogP contribution in [-0.4, -0.2) is 40.4 Å². The summed E-state index contributed by atoms with van der Waals surface area (Å²) in [4.78, 5) is 28.2. The third kappa shape index (κ3) is 5.24. The Hall–Kier alpha value is -4.82. The minimum atomic E-state index is -0.256. The average Bonchev–Trinajstić information content (AvgIpc) is 3.86. The number of allylic oxidation sites excluding steroid dienone is 12. The van der Waals surface area contributed by atoms with Gasteiger partial charge in [-0.25, -0.2) is 15.0 Å². The molecular formula is C41H44N4O4. The van der Waals surface area contributed by atoms with Crippen LogP contribution in [0.5, 0.6) is 0 Å². The highest BCUT2D eigenvalue weighted by molar-refractivity contribution is 6.34. The highest BCUT2D eigenvalue weighted by Gasteiger charge is 2.43. The summed E-state index contributed by atoms with van der Waals surface area (Å²) in [6, 6.07) is 8.01. The van der Waals surface area contributed by atoms with Crippen molar-refractivity contribution < 1.29 is 19.7 Å². The van der Waals surface area contributed by atoms with Crippen LogP contribution >= 0.6 is 0 Å². The maximum Gasteiger partial charge on any atom is 0.305 e. The van der Waals surface area contributed by atoms with Gasteiger partial charge in [-0.05, 0) is 97.2 Å². The maximum absolute atomic E-state index is 12.5. The molecule has 0 amide bonds. The van der Waals surface area contributed by atoms with Crippen molar-refractivity contribution in [2.75, 3.05) is 7.11 Å². The number of ether oxygens (including phenoxy) is 1. The summed E-state index contributed by atoms with van der Waals surface area (Å²) in [5.41, 5.74) is 17.1. The van der Waals surface area contributed by atoms with Gasteiger partial charge in [0.25, 0.3) is 0 Å². The highest BCUT2D eigenvalue weighted by atomic mass is 16.5. The molecule has 8 heteroatoms. The van der Waals surface area contributed by atoms with Gasteiger partial charge >= 0.3 is 5.97 Å². The summed E-state index contributed by atoms with van der Waals surface area (Å²) < 4.78 is 5.07. The zero-order valence-corrected chi connectivity index (χ0v) is 29.4. The molecule has 5 heterocycles. The summed E-state index contributed by atoms with van der Waals surface area (Å²) in [5.74, 6) is -0.0570. The number of fused-ring (bicyclic) bond motifs is 5. The van der Waals surface area contributed by atoms with E-state index in [1.807, 2.05) is 25.1 Å². The van der Waals surface area contributed by atoms with Crippen molar-refractivity contribution in [1.82, 2.24) is 5.32 Å². The Balaban J connectivity index is 1.56. The first-order chi connectivity index (χ1) is 23.6. The molecule has 8 bridgehead atoms. The second kappa shape index (κ2) is 12.6. The number of aliphatic hydroxyl groups excluding tert-OH is 2. The zero-order valence-electron chi connectivity index (χ0n) is 29.4. The Labute approximate surface area is 288 Å². The molecule has 8 nitrogen and oxygen atoms in total. The molecule has 0 aromatic heterocycles. The molecule has 2 atom stereocenters. The number of nitrogens with one attached hydrogen (secondary N) is 1. The molecule has 1 saturated heterocycles. The third-order valence-corrected chi connectivity index (χ3v) is 11.0. The fraction of sp³-hybridized carbons (Fsp3) is 0.366. The van der Waals surface area contributed by atoms with E-state index >= 15 is 0 Å². The number of aliphatic imine (C=N–C) groups is 3. The Morgan fingerprint density at radius 2 is 1.67 bits per heavy atom. The number of hydrogen-bond acceptors (Lipinski definition) is 8. The largest absolute Gasteiger partial charge is 0.511 e. The Bertz CT molecular complexity index is 2070. The Morgan fingerprint density at radius 3 is 2.39 bits per heavy atom. The van der Waals surface area contributed by atoms with Crippen molar-refractivity contribution >= 4 is 28.7 Å². The standard InChI is InChI=1S/C41H44N4O4/c1-8-26-20(3)30-17-33-27(9-2)21(4)38(44-33)37(25-12-10-11-24(15-25)19-46)39-22(5)28(13-14-35(48)49-7)40(45-39)29-16-34(47)36-23(6)31(43-41(29)36)18-32(26)42-30/h10-12,15,17-18,22,28,45-47H,8-9,13-14,16,19H2,1-7H3/t22-,28-/m0/s1. The lowest BCUT2D eigenvalue weighted by Gasteiger charge is -2.19. The number of esters is 1. The van der Waals surface area contributed by atoms with Crippen LogP contribution in [0.4, 0.5) is 0 Å². The van der Waals surface area contributed by atoms with Gasteiger partial charge in [0, 0.05) is 52.8 Å². The first-order valence-electron chi connectivity index (χ1n) is 17.4. The minimum Gasteiger partial charge on any atom is -0.511 e. The van der Waals surface area contributed by atoms with Crippen LogP contribution in [0.1, 0.15) is 84.8 Å². The van der Waals surface area contributed by atoms with E-state index in [4.69, 9.17) is 19.7 Å². The van der Waals surface area contributed by atoms with Gasteiger partial charge in [-0.2, -0.15) is 0 Å². The lowest BCUT2D eigenvalue weighted by atomic mass is 9.83. The van der Waals surface area contributed by atoms with E-state index in [1.54, 1.807) is 0 Å². The number of rotatable bonds is 7. The molecule has 0 radical (unpaired) electrons. The fourth-order valence-corrected chi connectivity index (χ4v) is 8.26. The summed E-state index contributed by atoms with van der Waals surface area (Å²) in [7, 11) is 1.42. The van der Waals surface area contributed by atoms with E-state index in [2.05, 4.69) is 58.2 Å². The maximum atomic E-state index is 12.5. The molecule has 0 unspecified atom stereocenters. The first-order valence-corrected chi connectivity index (χ1v) is 17.4.